The number of hydrogen-bond acceptors (Lipinski definition) is 7. The fraction of sp³-hybridized carbons (Fsp3) is 0.207. The maximum atomic E-state index is 12.5. The second kappa shape index (κ2) is 9.55. The molecular weight excluding hydrogens is 462 g/mol. The largest absolute Gasteiger partial charge is 0.369 e. The standard InChI is InChI=1S/C29H29N7O/c1-35-14-16-36(17-15-35)22-12-10-20(11-13-22)26-18-25(32-29(30)33-26)19-6-8-21(9-7-19)27-31-24-5-3-2-4-23(24)28(37)34-27/h2-13,18,27,31H,14-17H2,1H3,(H,34,37)(H2,30,32,33). The van der Waals surface area contributed by atoms with E-state index in [1.807, 2.05) is 54.6 Å². The van der Waals surface area contributed by atoms with E-state index < -0.39 is 0 Å². The molecule has 3 heterocycles. The summed E-state index contributed by atoms with van der Waals surface area (Å²) in [6, 6.07) is 25.9. The maximum absolute atomic E-state index is 12.5. The van der Waals surface area contributed by atoms with Crippen molar-refractivity contribution in [3.05, 3.63) is 90.0 Å². The van der Waals surface area contributed by atoms with E-state index in [1.54, 1.807) is 0 Å². The summed E-state index contributed by atoms with van der Waals surface area (Å²) in [5.74, 6) is 0.146. The van der Waals surface area contributed by atoms with E-state index in [4.69, 9.17) is 5.73 Å². The summed E-state index contributed by atoms with van der Waals surface area (Å²) in [4.78, 5) is 26.2. The number of rotatable bonds is 4. The third kappa shape index (κ3) is 4.71. The number of fused-ring (bicyclic) bond motifs is 1. The number of aromatic nitrogens is 2. The van der Waals surface area contributed by atoms with Crippen LogP contribution in [0.25, 0.3) is 22.5 Å². The molecule has 4 N–H and O–H groups in total. The molecule has 1 fully saturated rings. The fourth-order valence-corrected chi connectivity index (χ4v) is 4.89. The Morgan fingerprint density at radius 1 is 0.811 bits per heavy atom. The first-order valence-corrected chi connectivity index (χ1v) is 12.5. The Hall–Kier alpha value is -4.43. The van der Waals surface area contributed by atoms with Crippen molar-refractivity contribution < 1.29 is 4.79 Å². The third-order valence-corrected chi connectivity index (χ3v) is 7.06. The van der Waals surface area contributed by atoms with Crippen molar-refractivity contribution in [3.8, 4) is 22.5 Å². The van der Waals surface area contributed by atoms with Gasteiger partial charge in [-0.15, -0.1) is 0 Å². The molecule has 8 heteroatoms. The highest BCUT2D eigenvalue weighted by molar-refractivity contribution is 6.01. The second-order valence-corrected chi connectivity index (χ2v) is 9.55. The summed E-state index contributed by atoms with van der Waals surface area (Å²) in [6.45, 7) is 4.21. The number of carbonyl (C=O) groups is 1. The highest BCUT2D eigenvalue weighted by atomic mass is 16.2. The van der Waals surface area contributed by atoms with E-state index in [0.29, 0.717) is 5.56 Å². The molecular formula is C29H29N7O. The number of para-hydroxylation sites is 1. The first-order chi connectivity index (χ1) is 18.0. The Bertz CT molecular complexity index is 1430. The van der Waals surface area contributed by atoms with Crippen molar-refractivity contribution in [2.24, 2.45) is 0 Å². The van der Waals surface area contributed by atoms with Crippen LogP contribution in [0.3, 0.4) is 0 Å². The van der Waals surface area contributed by atoms with Gasteiger partial charge in [-0.25, -0.2) is 9.97 Å². The smallest absolute Gasteiger partial charge is 0.255 e. The number of nitrogens with two attached hydrogens (primary N) is 1. The van der Waals surface area contributed by atoms with Gasteiger partial charge in [-0.05, 0) is 42.9 Å². The molecule has 4 aromatic rings. The molecule has 1 unspecified atom stereocenters. The summed E-state index contributed by atoms with van der Waals surface area (Å²) in [5.41, 5.74) is 13.2. The Kier molecular flexibility index (Phi) is 5.94. The van der Waals surface area contributed by atoms with Crippen LogP contribution in [-0.4, -0.2) is 54.0 Å². The molecule has 6 rings (SSSR count). The van der Waals surface area contributed by atoms with Crippen LogP contribution in [0.5, 0.6) is 0 Å². The van der Waals surface area contributed by atoms with Crippen molar-refractivity contribution >= 4 is 23.2 Å². The molecule has 8 nitrogen and oxygen atoms in total. The van der Waals surface area contributed by atoms with E-state index in [2.05, 4.69) is 61.7 Å². The molecule has 1 saturated heterocycles. The maximum Gasteiger partial charge on any atom is 0.255 e. The van der Waals surface area contributed by atoms with E-state index in [9.17, 15) is 4.79 Å². The van der Waals surface area contributed by atoms with Gasteiger partial charge in [0.2, 0.25) is 5.95 Å². The summed E-state index contributed by atoms with van der Waals surface area (Å²) in [5, 5.41) is 6.41. The van der Waals surface area contributed by atoms with Gasteiger partial charge in [0.25, 0.3) is 5.91 Å². The van der Waals surface area contributed by atoms with Gasteiger partial charge in [-0.3, -0.25) is 4.79 Å². The van der Waals surface area contributed by atoms with Gasteiger partial charge in [0.15, 0.2) is 0 Å². The minimum Gasteiger partial charge on any atom is -0.369 e. The van der Waals surface area contributed by atoms with Crippen molar-refractivity contribution in [1.82, 2.24) is 20.2 Å². The fourth-order valence-electron chi connectivity index (χ4n) is 4.89. The number of nitrogens with one attached hydrogen (secondary N) is 2. The molecule has 186 valence electrons. The molecule has 0 bridgehead atoms. The van der Waals surface area contributed by atoms with Gasteiger partial charge < -0.3 is 26.2 Å². The number of nitrogens with zero attached hydrogens (tertiary/aromatic N) is 4. The van der Waals surface area contributed by atoms with Crippen LogP contribution in [0, 0.1) is 0 Å². The Morgan fingerprint density at radius 3 is 2.11 bits per heavy atom. The SMILES string of the molecule is CN1CCN(c2ccc(-c3cc(-c4ccc(C5NC(=O)c6ccccc6N5)cc4)nc(N)n3)cc2)CC1. The highest BCUT2D eigenvalue weighted by Crippen LogP contribution is 2.30. The minimum absolute atomic E-state index is 0.0877. The molecule has 1 amide bonds. The average Bonchev–Trinajstić information content (AvgIpc) is 2.93. The summed E-state index contributed by atoms with van der Waals surface area (Å²) >= 11 is 0. The van der Waals surface area contributed by atoms with Gasteiger partial charge in [-0.2, -0.15) is 0 Å². The number of amides is 1. The number of nitrogen functional groups attached to an aromatic ring is 1. The molecule has 0 spiro atoms. The van der Waals surface area contributed by atoms with Crippen molar-refractivity contribution in [3.63, 3.8) is 0 Å². The van der Waals surface area contributed by atoms with Crippen molar-refractivity contribution in [2.45, 2.75) is 6.17 Å². The zero-order chi connectivity index (χ0) is 25.4. The van der Waals surface area contributed by atoms with E-state index in [-0.39, 0.29) is 18.0 Å². The zero-order valence-electron chi connectivity index (χ0n) is 20.7. The van der Waals surface area contributed by atoms with E-state index in [1.165, 1.54) is 5.69 Å². The Labute approximate surface area is 216 Å². The van der Waals surface area contributed by atoms with Gasteiger partial charge in [0.05, 0.1) is 17.0 Å². The molecule has 2 aliphatic rings. The molecule has 1 aromatic heterocycles. The molecule has 37 heavy (non-hydrogen) atoms. The lowest BCUT2D eigenvalue weighted by molar-refractivity contribution is 0.0935. The van der Waals surface area contributed by atoms with E-state index in [0.717, 1.165) is 59.9 Å². The molecule has 0 aliphatic carbocycles. The number of carbonyl (C=O) groups excluding carboxylic acids is 1. The molecule has 3 aromatic carbocycles. The first-order valence-electron chi connectivity index (χ1n) is 12.5. The number of benzene rings is 3. The predicted octanol–water partition coefficient (Wildman–Crippen LogP) is 4.00. The van der Waals surface area contributed by atoms with Gasteiger partial charge in [0, 0.05) is 48.7 Å². The summed E-state index contributed by atoms with van der Waals surface area (Å²) in [6.07, 6.45) is -0.304. The van der Waals surface area contributed by atoms with Gasteiger partial charge in [-0.1, -0.05) is 48.5 Å². The number of piperazine rings is 1. The molecule has 1 atom stereocenters. The van der Waals surface area contributed by atoms with Gasteiger partial charge in [0.1, 0.15) is 6.17 Å². The van der Waals surface area contributed by atoms with Crippen LogP contribution in [0.4, 0.5) is 17.3 Å². The molecule has 2 aliphatic heterocycles. The summed E-state index contributed by atoms with van der Waals surface area (Å²) in [7, 11) is 2.16. The normalized spacial score (nSPS) is 17.6. The average molecular weight is 492 g/mol. The number of hydrogen-bond donors (Lipinski definition) is 3. The van der Waals surface area contributed by atoms with Crippen LogP contribution in [-0.2, 0) is 0 Å². The molecule has 0 radical (unpaired) electrons. The lowest BCUT2D eigenvalue weighted by Crippen LogP contribution is -2.44. The van der Waals surface area contributed by atoms with E-state index >= 15 is 0 Å². The molecule has 0 saturated carbocycles. The third-order valence-electron chi connectivity index (χ3n) is 7.06. The second-order valence-electron chi connectivity index (χ2n) is 9.55. The topological polar surface area (TPSA) is 99.4 Å². The van der Waals surface area contributed by atoms with Crippen LogP contribution >= 0.6 is 0 Å². The minimum atomic E-state index is -0.304. The van der Waals surface area contributed by atoms with Gasteiger partial charge >= 0.3 is 0 Å². The Balaban J connectivity index is 1.21. The number of likely N-dealkylation sites (N-methyl/N-ethyl adjacent to an activating group) is 1. The van der Waals surface area contributed by atoms with Crippen LogP contribution in [0.1, 0.15) is 22.1 Å². The van der Waals surface area contributed by atoms with Crippen LogP contribution in [0.15, 0.2) is 78.9 Å². The zero-order valence-corrected chi connectivity index (χ0v) is 20.7. The highest BCUT2D eigenvalue weighted by Gasteiger charge is 2.24. The van der Waals surface area contributed by atoms with Crippen molar-refractivity contribution in [2.75, 3.05) is 49.2 Å². The van der Waals surface area contributed by atoms with Crippen LogP contribution < -0.4 is 21.3 Å². The lowest BCUT2D eigenvalue weighted by atomic mass is 10.0. The van der Waals surface area contributed by atoms with Crippen molar-refractivity contribution in [1.29, 1.82) is 0 Å². The monoisotopic (exact) mass is 491 g/mol. The Morgan fingerprint density at radius 2 is 1.43 bits per heavy atom. The first kappa shape index (κ1) is 23.0. The predicted molar refractivity (Wildman–Crippen MR) is 147 cm³/mol. The lowest BCUT2D eigenvalue weighted by Gasteiger charge is -2.34. The van der Waals surface area contributed by atoms with Crippen LogP contribution in [0.2, 0.25) is 0 Å². The summed E-state index contributed by atoms with van der Waals surface area (Å²) < 4.78 is 0. The number of anilines is 3. The quantitative estimate of drug-likeness (QED) is 0.397.